The number of hydrogen-bond donors (Lipinski definition) is 2. The third kappa shape index (κ3) is 6.97. The lowest BCUT2D eigenvalue weighted by atomic mass is 9.90. The number of piperidine rings is 1. The Morgan fingerprint density at radius 2 is 1.78 bits per heavy atom. The van der Waals surface area contributed by atoms with Gasteiger partial charge in [0, 0.05) is 26.2 Å². The van der Waals surface area contributed by atoms with Crippen molar-refractivity contribution in [3.05, 3.63) is 35.9 Å². The van der Waals surface area contributed by atoms with Gasteiger partial charge >= 0.3 is 0 Å². The molecule has 150 valence electrons. The van der Waals surface area contributed by atoms with E-state index in [0.717, 1.165) is 38.3 Å². The fraction of sp³-hybridized carbons (Fsp3) is 0.619. The summed E-state index contributed by atoms with van der Waals surface area (Å²) in [5.41, 5.74) is 1.40. The van der Waals surface area contributed by atoms with Gasteiger partial charge in [-0.2, -0.15) is 0 Å². The highest BCUT2D eigenvalue weighted by atomic mass is 127. The van der Waals surface area contributed by atoms with E-state index in [0.29, 0.717) is 18.5 Å². The van der Waals surface area contributed by atoms with Gasteiger partial charge in [0.25, 0.3) is 0 Å². The number of carbonyl (C=O) groups is 1. The monoisotopic (exact) mass is 484 g/mol. The predicted molar refractivity (Wildman–Crippen MR) is 122 cm³/mol. The van der Waals surface area contributed by atoms with Crippen molar-refractivity contribution in [2.75, 3.05) is 26.7 Å². The lowest BCUT2D eigenvalue weighted by molar-refractivity contribution is -0.131. The van der Waals surface area contributed by atoms with Crippen molar-refractivity contribution >= 4 is 35.8 Å². The molecule has 0 atom stereocenters. The van der Waals surface area contributed by atoms with Crippen molar-refractivity contribution in [3.63, 3.8) is 0 Å². The molecule has 3 rings (SSSR count). The summed E-state index contributed by atoms with van der Waals surface area (Å²) in [5.74, 6) is 1.62. The van der Waals surface area contributed by atoms with Crippen molar-refractivity contribution in [3.8, 4) is 0 Å². The molecule has 1 saturated heterocycles. The number of nitrogens with one attached hydrogen (secondary N) is 2. The number of amides is 1. The summed E-state index contributed by atoms with van der Waals surface area (Å²) in [6.07, 6.45) is 8.27. The van der Waals surface area contributed by atoms with Gasteiger partial charge < -0.3 is 15.5 Å². The molecule has 1 amide bonds. The number of aliphatic imine (C=N–C) groups is 1. The lowest BCUT2D eigenvalue weighted by Gasteiger charge is -2.32. The van der Waals surface area contributed by atoms with Crippen molar-refractivity contribution in [2.45, 2.75) is 51.0 Å². The summed E-state index contributed by atoms with van der Waals surface area (Å²) < 4.78 is 0. The number of benzene rings is 1. The SMILES string of the molecule is CN=C(NCC(=O)N1CCC(Cc2ccccc2)CC1)NC1CCCC1.I. The van der Waals surface area contributed by atoms with Gasteiger partial charge in [0.1, 0.15) is 0 Å². The molecule has 5 nitrogen and oxygen atoms in total. The summed E-state index contributed by atoms with van der Waals surface area (Å²) in [6, 6.07) is 11.2. The molecular weight excluding hydrogens is 451 g/mol. The van der Waals surface area contributed by atoms with Gasteiger partial charge in [-0.05, 0) is 43.6 Å². The highest BCUT2D eigenvalue weighted by molar-refractivity contribution is 14.0. The average molecular weight is 484 g/mol. The Balaban J connectivity index is 0.00000261. The van der Waals surface area contributed by atoms with E-state index in [1.165, 1.54) is 31.2 Å². The van der Waals surface area contributed by atoms with Crippen molar-refractivity contribution in [1.82, 2.24) is 15.5 Å². The summed E-state index contributed by atoms with van der Waals surface area (Å²) in [5, 5.41) is 6.62. The standard InChI is InChI=1S/C21H32N4O.HI/c1-22-21(24-19-9-5-6-10-19)23-16-20(26)25-13-11-18(12-14-25)15-17-7-3-2-4-8-17;/h2-4,7-8,18-19H,5-6,9-16H2,1H3,(H2,22,23,24);1H. The topological polar surface area (TPSA) is 56.7 Å². The fourth-order valence-electron chi connectivity index (χ4n) is 4.06. The summed E-state index contributed by atoms with van der Waals surface area (Å²) in [4.78, 5) is 18.7. The van der Waals surface area contributed by atoms with Crippen LogP contribution in [0.15, 0.2) is 35.3 Å². The molecule has 0 radical (unpaired) electrons. The first-order valence-electron chi connectivity index (χ1n) is 10.0. The molecule has 1 aromatic carbocycles. The van der Waals surface area contributed by atoms with Crippen LogP contribution in [-0.4, -0.2) is 49.5 Å². The normalized spacial score (nSPS) is 18.9. The first-order valence-corrected chi connectivity index (χ1v) is 10.0. The van der Waals surface area contributed by atoms with Gasteiger partial charge in [0.15, 0.2) is 5.96 Å². The lowest BCUT2D eigenvalue weighted by Crippen LogP contribution is -2.48. The van der Waals surface area contributed by atoms with E-state index >= 15 is 0 Å². The van der Waals surface area contributed by atoms with E-state index in [2.05, 4.69) is 46.0 Å². The minimum Gasteiger partial charge on any atom is -0.354 e. The number of carbonyl (C=O) groups excluding carboxylic acids is 1. The molecule has 2 aliphatic rings. The molecule has 1 aliphatic carbocycles. The summed E-state index contributed by atoms with van der Waals surface area (Å²) in [6.45, 7) is 2.06. The Hall–Kier alpha value is -1.31. The highest BCUT2D eigenvalue weighted by Gasteiger charge is 2.23. The van der Waals surface area contributed by atoms with Crippen LogP contribution in [0, 0.1) is 5.92 Å². The molecule has 1 aromatic rings. The van der Waals surface area contributed by atoms with E-state index in [4.69, 9.17) is 0 Å². The second kappa shape index (κ2) is 11.5. The van der Waals surface area contributed by atoms with E-state index in [1.807, 2.05) is 4.90 Å². The zero-order valence-electron chi connectivity index (χ0n) is 16.3. The van der Waals surface area contributed by atoms with Gasteiger partial charge in [0.05, 0.1) is 6.54 Å². The first-order chi connectivity index (χ1) is 12.7. The third-order valence-electron chi connectivity index (χ3n) is 5.66. The minimum atomic E-state index is 0. The van der Waals surface area contributed by atoms with E-state index in [9.17, 15) is 4.79 Å². The molecule has 1 heterocycles. The van der Waals surface area contributed by atoms with Gasteiger partial charge in [-0.15, -0.1) is 24.0 Å². The van der Waals surface area contributed by atoms with Crippen molar-refractivity contribution < 1.29 is 4.79 Å². The Morgan fingerprint density at radius 3 is 2.41 bits per heavy atom. The number of guanidine groups is 1. The number of nitrogens with zero attached hydrogens (tertiary/aromatic N) is 2. The molecule has 6 heteroatoms. The highest BCUT2D eigenvalue weighted by Crippen LogP contribution is 2.21. The van der Waals surface area contributed by atoms with Gasteiger partial charge in [-0.1, -0.05) is 43.2 Å². The Labute approximate surface area is 180 Å². The number of rotatable bonds is 5. The van der Waals surface area contributed by atoms with Gasteiger partial charge in [-0.25, -0.2) is 0 Å². The van der Waals surface area contributed by atoms with Crippen LogP contribution >= 0.6 is 24.0 Å². The van der Waals surface area contributed by atoms with Crippen molar-refractivity contribution in [2.24, 2.45) is 10.9 Å². The second-order valence-corrected chi connectivity index (χ2v) is 7.57. The second-order valence-electron chi connectivity index (χ2n) is 7.57. The van der Waals surface area contributed by atoms with Crippen molar-refractivity contribution in [1.29, 1.82) is 0 Å². The van der Waals surface area contributed by atoms with E-state index in [-0.39, 0.29) is 29.9 Å². The number of halogens is 1. The van der Waals surface area contributed by atoms with Gasteiger partial charge in [-0.3, -0.25) is 9.79 Å². The first kappa shape index (κ1) is 22.0. The maximum atomic E-state index is 12.5. The third-order valence-corrected chi connectivity index (χ3v) is 5.66. The van der Waals surface area contributed by atoms with Crippen LogP contribution < -0.4 is 10.6 Å². The average Bonchev–Trinajstić information content (AvgIpc) is 3.19. The molecule has 1 saturated carbocycles. The molecule has 1 aliphatic heterocycles. The number of hydrogen-bond acceptors (Lipinski definition) is 2. The van der Waals surface area contributed by atoms with Crippen LogP contribution in [0.25, 0.3) is 0 Å². The molecule has 2 N–H and O–H groups in total. The molecule has 0 unspecified atom stereocenters. The summed E-state index contributed by atoms with van der Waals surface area (Å²) in [7, 11) is 1.77. The molecule has 0 spiro atoms. The molecule has 27 heavy (non-hydrogen) atoms. The van der Waals surface area contributed by atoms with E-state index in [1.54, 1.807) is 7.05 Å². The maximum Gasteiger partial charge on any atom is 0.241 e. The van der Waals surface area contributed by atoms with Crippen LogP contribution in [0.1, 0.15) is 44.1 Å². The zero-order valence-corrected chi connectivity index (χ0v) is 18.7. The largest absolute Gasteiger partial charge is 0.354 e. The van der Waals surface area contributed by atoms with Crippen LogP contribution in [0.2, 0.25) is 0 Å². The van der Waals surface area contributed by atoms with Crippen LogP contribution in [0.3, 0.4) is 0 Å². The quantitative estimate of drug-likeness (QED) is 0.384. The minimum absolute atomic E-state index is 0. The van der Waals surface area contributed by atoms with Gasteiger partial charge in [0.2, 0.25) is 5.91 Å². The Bertz CT molecular complexity index is 593. The maximum absolute atomic E-state index is 12.5. The fourth-order valence-corrected chi connectivity index (χ4v) is 4.06. The Morgan fingerprint density at radius 1 is 1.11 bits per heavy atom. The molecular formula is C21H33IN4O. The molecule has 0 bridgehead atoms. The molecule has 2 fully saturated rings. The zero-order chi connectivity index (χ0) is 18.2. The van der Waals surface area contributed by atoms with E-state index < -0.39 is 0 Å². The smallest absolute Gasteiger partial charge is 0.241 e. The molecule has 0 aromatic heterocycles. The summed E-state index contributed by atoms with van der Waals surface area (Å²) >= 11 is 0. The van der Waals surface area contributed by atoms with Crippen LogP contribution in [-0.2, 0) is 11.2 Å². The van der Waals surface area contributed by atoms with Crippen LogP contribution in [0.4, 0.5) is 0 Å². The Kier molecular flexibility index (Phi) is 9.38. The predicted octanol–water partition coefficient (Wildman–Crippen LogP) is 3.19. The van der Waals surface area contributed by atoms with Crippen LogP contribution in [0.5, 0.6) is 0 Å². The number of likely N-dealkylation sites (tertiary alicyclic amines) is 1.